The van der Waals surface area contributed by atoms with E-state index in [1.165, 1.54) is 13.1 Å². The van der Waals surface area contributed by atoms with Gasteiger partial charge in [0.25, 0.3) is 0 Å². The average molecular weight is 197 g/mol. The molecule has 3 nitrogen and oxygen atoms in total. The lowest BCUT2D eigenvalue weighted by Crippen LogP contribution is -1.95. The van der Waals surface area contributed by atoms with Crippen molar-refractivity contribution < 1.29 is 4.79 Å². The molecule has 13 heavy (non-hydrogen) atoms. The second-order valence-electron chi connectivity index (χ2n) is 2.49. The number of nitrogens with one attached hydrogen (secondary N) is 1. The normalized spacial score (nSPS) is 10.3. The molecule has 0 saturated heterocycles. The third-order valence-corrected chi connectivity index (χ3v) is 1.50. The van der Waals surface area contributed by atoms with Gasteiger partial charge in [0.15, 0.2) is 5.78 Å². The van der Waals surface area contributed by atoms with Crippen LogP contribution in [-0.2, 0) is 4.79 Å². The van der Waals surface area contributed by atoms with E-state index in [0.29, 0.717) is 5.02 Å². The second kappa shape index (κ2) is 4.62. The summed E-state index contributed by atoms with van der Waals surface area (Å²) in [6.07, 6.45) is 1.21. The van der Waals surface area contributed by atoms with Crippen LogP contribution >= 0.6 is 11.6 Å². The number of carbonyl (C=O) groups is 1. The molecule has 0 aliphatic rings. The standard InChI is InChI=1S/C9H9ClN2O/c1-7(13)6-11-12-9-4-2-3-8(10)5-9/h2-6,12H,1H3. The van der Waals surface area contributed by atoms with E-state index in [2.05, 4.69) is 10.5 Å². The van der Waals surface area contributed by atoms with E-state index in [-0.39, 0.29) is 5.78 Å². The van der Waals surface area contributed by atoms with Gasteiger partial charge in [-0.1, -0.05) is 17.7 Å². The highest BCUT2D eigenvalue weighted by Crippen LogP contribution is 2.14. The summed E-state index contributed by atoms with van der Waals surface area (Å²) in [6, 6.07) is 7.10. The van der Waals surface area contributed by atoms with Crippen molar-refractivity contribution in [2.24, 2.45) is 5.10 Å². The van der Waals surface area contributed by atoms with E-state index >= 15 is 0 Å². The average Bonchev–Trinajstić information content (AvgIpc) is 2.03. The molecule has 0 unspecified atom stereocenters. The molecule has 1 N–H and O–H groups in total. The quantitative estimate of drug-likeness (QED) is 0.596. The number of benzene rings is 1. The van der Waals surface area contributed by atoms with Crippen molar-refractivity contribution in [1.82, 2.24) is 0 Å². The van der Waals surface area contributed by atoms with Gasteiger partial charge < -0.3 is 0 Å². The van der Waals surface area contributed by atoms with Crippen LogP contribution in [0.3, 0.4) is 0 Å². The molecular weight excluding hydrogens is 188 g/mol. The van der Waals surface area contributed by atoms with Gasteiger partial charge in [0.05, 0.1) is 11.9 Å². The first-order valence-electron chi connectivity index (χ1n) is 3.73. The zero-order chi connectivity index (χ0) is 9.68. The Kier molecular flexibility index (Phi) is 3.46. The van der Waals surface area contributed by atoms with Crippen molar-refractivity contribution in [2.75, 3.05) is 5.43 Å². The maximum Gasteiger partial charge on any atom is 0.172 e. The number of hydrogen-bond donors (Lipinski definition) is 1. The van der Waals surface area contributed by atoms with Crippen molar-refractivity contribution in [3.8, 4) is 0 Å². The molecule has 0 aliphatic carbocycles. The summed E-state index contributed by atoms with van der Waals surface area (Å²) in [5.74, 6) is -0.102. The minimum absolute atomic E-state index is 0.102. The van der Waals surface area contributed by atoms with Crippen LogP contribution in [-0.4, -0.2) is 12.0 Å². The lowest BCUT2D eigenvalue weighted by atomic mass is 10.3. The Morgan fingerprint density at radius 3 is 3.00 bits per heavy atom. The molecule has 1 aromatic carbocycles. The Morgan fingerprint density at radius 1 is 1.62 bits per heavy atom. The number of halogens is 1. The highest BCUT2D eigenvalue weighted by atomic mass is 35.5. The van der Waals surface area contributed by atoms with Crippen LogP contribution in [0.5, 0.6) is 0 Å². The molecule has 0 saturated carbocycles. The van der Waals surface area contributed by atoms with Crippen molar-refractivity contribution in [2.45, 2.75) is 6.92 Å². The van der Waals surface area contributed by atoms with Gasteiger partial charge in [-0.15, -0.1) is 0 Å². The summed E-state index contributed by atoms with van der Waals surface area (Å²) < 4.78 is 0. The Balaban J connectivity index is 2.59. The predicted molar refractivity (Wildman–Crippen MR) is 54.2 cm³/mol. The number of hydrazone groups is 1. The summed E-state index contributed by atoms with van der Waals surface area (Å²) in [7, 11) is 0. The fourth-order valence-corrected chi connectivity index (χ4v) is 0.946. The molecule has 1 rings (SSSR count). The lowest BCUT2D eigenvalue weighted by Gasteiger charge is -1.98. The first-order chi connectivity index (χ1) is 6.18. The van der Waals surface area contributed by atoms with E-state index < -0.39 is 0 Å². The van der Waals surface area contributed by atoms with Crippen LogP contribution in [0.1, 0.15) is 6.92 Å². The largest absolute Gasteiger partial charge is 0.293 e. The number of hydrogen-bond acceptors (Lipinski definition) is 3. The molecule has 1 aromatic rings. The van der Waals surface area contributed by atoms with Gasteiger partial charge in [-0.05, 0) is 18.2 Å². The van der Waals surface area contributed by atoms with E-state index in [1.54, 1.807) is 18.2 Å². The molecule has 0 heterocycles. The second-order valence-corrected chi connectivity index (χ2v) is 2.93. The van der Waals surface area contributed by atoms with Gasteiger partial charge in [0.1, 0.15) is 0 Å². The third kappa shape index (κ3) is 3.71. The van der Waals surface area contributed by atoms with E-state index in [1.807, 2.05) is 6.07 Å². The number of rotatable bonds is 3. The van der Waals surface area contributed by atoms with Gasteiger partial charge in [0.2, 0.25) is 0 Å². The molecule has 0 fully saturated rings. The van der Waals surface area contributed by atoms with Gasteiger partial charge >= 0.3 is 0 Å². The van der Waals surface area contributed by atoms with Crippen LogP contribution < -0.4 is 5.43 Å². The molecule has 68 valence electrons. The fraction of sp³-hybridized carbons (Fsp3) is 0.111. The molecule has 0 amide bonds. The summed E-state index contributed by atoms with van der Waals surface area (Å²) in [4.78, 5) is 10.5. The summed E-state index contributed by atoms with van der Waals surface area (Å²) in [6.45, 7) is 1.43. The number of Topliss-reactive ketones (excluding diaryl/α,β-unsaturated/α-hetero) is 1. The summed E-state index contributed by atoms with van der Waals surface area (Å²) >= 11 is 5.73. The van der Waals surface area contributed by atoms with Crippen molar-refractivity contribution in [3.05, 3.63) is 29.3 Å². The third-order valence-electron chi connectivity index (χ3n) is 1.26. The Hall–Kier alpha value is -1.35. The SMILES string of the molecule is CC(=O)C=NNc1cccc(Cl)c1. The maximum absolute atomic E-state index is 10.5. The molecule has 0 aliphatic heterocycles. The number of ketones is 1. The van der Waals surface area contributed by atoms with Crippen molar-refractivity contribution in [1.29, 1.82) is 0 Å². The van der Waals surface area contributed by atoms with Gasteiger partial charge in [0, 0.05) is 11.9 Å². The Labute approximate surface area is 81.4 Å². The minimum Gasteiger partial charge on any atom is -0.293 e. The van der Waals surface area contributed by atoms with Crippen molar-refractivity contribution in [3.63, 3.8) is 0 Å². The highest BCUT2D eigenvalue weighted by Gasteiger charge is 1.90. The Bertz CT molecular complexity index is 336. The Morgan fingerprint density at radius 2 is 2.38 bits per heavy atom. The van der Waals surface area contributed by atoms with Crippen molar-refractivity contribution >= 4 is 29.3 Å². The smallest absolute Gasteiger partial charge is 0.172 e. The van der Waals surface area contributed by atoms with E-state index in [4.69, 9.17) is 11.6 Å². The molecule has 4 heteroatoms. The zero-order valence-corrected chi connectivity index (χ0v) is 7.88. The molecule has 0 bridgehead atoms. The van der Waals surface area contributed by atoms with Crippen LogP contribution in [0.4, 0.5) is 5.69 Å². The maximum atomic E-state index is 10.5. The summed E-state index contributed by atoms with van der Waals surface area (Å²) in [5.41, 5.74) is 3.44. The topological polar surface area (TPSA) is 41.5 Å². The number of nitrogens with zero attached hydrogens (tertiary/aromatic N) is 1. The summed E-state index contributed by atoms with van der Waals surface area (Å²) in [5, 5.41) is 4.33. The lowest BCUT2D eigenvalue weighted by molar-refractivity contribution is -0.110. The van der Waals surface area contributed by atoms with Crippen LogP contribution in [0.25, 0.3) is 0 Å². The number of carbonyl (C=O) groups excluding carboxylic acids is 1. The predicted octanol–water partition coefficient (Wildman–Crippen LogP) is 2.33. The fourth-order valence-electron chi connectivity index (χ4n) is 0.756. The number of anilines is 1. The van der Waals surface area contributed by atoms with E-state index in [9.17, 15) is 4.79 Å². The van der Waals surface area contributed by atoms with Crippen LogP contribution in [0.15, 0.2) is 29.4 Å². The van der Waals surface area contributed by atoms with Gasteiger partial charge in [-0.25, -0.2) is 0 Å². The first kappa shape index (κ1) is 9.74. The highest BCUT2D eigenvalue weighted by molar-refractivity contribution is 6.30. The molecular formula is C9H9ClN2O. The molecule has 0 atom stereocenters. The first-order valence-corrected chi connectivity index (χ1v) is 4.11. The van der Waals surface area contributed by atoms with Crippen LogP contribution in [0.2, 0.25) is 5.02 Å². The monoisotopic (exact) mass is 196 g/mol. The van der Waals surface area contributed by atoms with E-state index in [0.717, 1.165) is 5.69 Å². The van der Waals surface area contributed by atoms with Crippen LogP contribution in [0, 0.1) is 0 Å². The zero-order valence-electron chi connectivity index (χ0n) is 7.12. The molecule has 0 spiro atoms. The van der Waals surface area contributed by atoms with Gasteiger partial charge in [-0.2, -0.15) is 5.10 Å². The molecule has 0 radical (unpaired) electrons. The minimum atomic E-state index is -0.102. The molecule has 0 aromatic heterocycles. The van der Waals surface area contributed by atoms with Gasteiger partial charge in [-0.3, -0.25) is 10.2 Å².